The number of likely N-dealkylation sites (tertiary alicyclic amines) is 2. The highest BCUT2D eigenvalue weighted by molar-refractivity contribution is 5.99. The van der Waals surface area contributed by atoms with Crippen molar-refractivity contribution in [1.82, 2.24) is 14.8 Å². The van der Waals surface area contributed by atoms with Crippen LogP contribution in [0.4, 0.5) is 0 Å². The van der Waals surface area contributed by atoms with Crippen molar-refractivity contribution in [2.75, 3.05) is 0 Å². The monoisotopic (exact) mass is 455 g/mol. The molecular weight excluding hydrogens is 422 g/mol. The molecule has 2 aliphatic heterocycles. The molecule has 3 aromatic rings. The smallest absolute Gasteiger partial charge is 0.270 e. The van der Waals surface area contributed by atoms with Crippen LogP contribution in [0.25, 0.3) is 10.9 Å². The number of amides is 2. The number of aromatic amines is 1. The quantitative estimate of drug-likeness (QED) is 0.598. The third kappa shape index (κ3) is 3.13. The zero-order valence-electron chi connectivity index (χ0n) is 20.3. The van der Waals surface area contributed by atoms with Crippen molar-refractivity contribution in [1.29, 1.82) is 0 Å². The second kappa shape index (κ2) is 7.72. The van der Waals surface area contributed by atoms with E-state index in [-0.39, 0.29) is 41.4 Å². The molecule has 2 bridgehead atoms. The van der Waals surface area contributed by atoms with Gasteiger partial charge in [0.15, 0.2) is 0 Å². The zero-order chi connectivity index (χ0) is 23.6. The van der Waals surface area contributed by atoms with Crippen molar-refractivity contribution in [3.63, 3.8) is 0 Å². The molecule has 5 nitrogen and oxygen atoms in total. The van der Waals surface area contributed by atoms with Crippen LogP contribution >= 0.6 is 0 Å². The minimum atomic E-state index is -0.0555. The summed E-state index contributed by atoms with van der Waals surface area (Å²) in [6, 6.07) is 19.1. The van der Waals surface area contributed by atoms with E-state index in [1.807, 2.05) is 12.1 Å². The molecule has 1 aromatic heterocycles. The highest BCUT2D eigenvalue weighted by atomic mass is 16.2. The molecule has 0 unspecified atom stereocenters. The molecule has 3 heterocycles. The van der Waals surface area contributed by atoms with Gasteiger partial charge >= 0.3 is 0 Å². The minimum absolute atomic E-state index is 0.00310. The molecule has 2 saturated heterocycles. The first-order valence-electron chi connectivity index (χ1n) is 12.6. The number of piperidine rings is 1. The molecule has 2 aromatic carbocycles. The number of hydrogen-bond donors (Lipinski definition) is 1. The lowest BCUT2D eigenvalue weighted by molar-refractivity contribution is -0.142. The summed E-state index contributed by atoms with van der Waals surface area (Å²) in [5.74, 6) is 0.217. The molecule has 2 amide bonds. The van der Waals surface area contributed by atoms with E-state index in [0.29, 0.717) is 5.69 Å². The summed E-state index contributed by atoms with van der Waals surface area (Å²) in [5.41, 5.74) is 4.00. The third-order valence-electron chi connectivity index (χ3n) is 8.85. The van der Waals surface area contributed by atoms with E-state index < -0.39 is 0 Å². The Hall–Kier alpha value is -3.08. The van der Waals surface area contributed by atoms with Crippen LogP contribution in [-0.2, 0) is 11.2 Å². The van der Waals surface area contributed by atoms with Crippen LogP contribution in [0.1, 0.15) is 61.1 Å². The SMILES string of the molecule is CC(=O)N1[C@@H](Cc2ccccc2)[C@@H]2C[C@@]3(C)[C@H](CCC[C@@H]13)N2C(=O)c1cc2ccc(C)cc2[nH]1. The van der Waals surface area contributed by atoms with E-state index in [1.54, 1.807) is 6.92 Å². The van der Waals surface area contributed by atoms with Gasteiger partial charge in [-0.15, -0.1) is 0 Å². The van der Waals surface area contributed by atoms with Crippen LogP contribution in [0.3, 0.4) is 0 Å². The Bertz CT molecular complexity index is 1260. The van der Waals surface area contributed by atoms with Gasteiger partial charge < -0.3 is 14.8 Å². The summed E-state index contributed by atoms with van der Waals surface area (Å²) >= 11 is 0. The van der Waals surface area contributed by atoms with E-state index in [2.05, 4.69) is 71.1 Å². The Kier molecular flexibility index (Phi) is 4.87. The van der Waals surface area contributed by atoms with E-state index in [1.165, 1.54) is 11.1 Å². The van der Waals surface area contributed by atoms with Gasteiger partial charge in [0.2, 0.25) is 5.91 Å². The predicted octanol–water partition coefficient (Wildman–Crippen LogP) is 5.09. The second-order valence-corrected chi connectivity index (χ2v) is 10.9. The van der Waals surface area contributed by atoms with Gasteiger partial charge in [0.05, 0.1) is 12.1 Å². The van der Waals surface area contributed by atoms with Crippen LogP contribution < -0.4 is 0 Å². The minimum Gasteiger partial charge on any atom is -0.351 e. The van der Waals surface area contributed by atoms with E-state index in [4.69, 9.17) is 0 Å². The van der Waals surface area contributed by atoms with Gasteiger partial charge in [-0.1, -0.05) is 49.4 Å². The normalized spacial score (nSPS) is 30.1. The lowest BCUT2D eigenvalue weighted by Gasteiger charge is -2.52. The number of rotatable bonds is 3. The van der Waals surface area contributed by atoms with Crippen molar-refractivity contribution in [3.8, 4) is 0 Å². The maximum Gasteiger partial charge on any atom is 0.270 e. The van der Waals surface area contributed by atoms with Gasteiger partial charge in [-0.05, 0) is 62.3 Å². The first kappa shape index (κ1) is 21.5. The van der Waals surface area contributed by atoms with E-state index >= 15 is 0 Å². The van der Waals surface area contributed by atoms with Crippen LogP contribution in [0, 0.1) is 12.3 Å². The van der Waals surface area contributed by atoms with Gasteiger partial charge in [-0.2, -0.15) is 0 Å². The van der Waals surface area contributed by atoms with Crippen LogP contribution in [0.2, 0.25) is 0 Å². The van der Waals surface area contributed by atoms with E-state index in [0.717, 1.165) is 43.0 Å². The maximum absolute atomic E-state index is 14.2. The summed E-state index contributed by atoms with van der Waals surface area (Å²) in [5, 5.41) is 1.06. The average Bonchev–Trinajstić information content (AvgIpc) is 3.37. The largest absolute Gasteiger partial charge is 0.351 e. The lowest BCUT2D eigenvalue weighted by Crippen LogP contribution is -2.62. The van der Waals surface area contributed by atoms with Gasteiger partial charge in [-0.25, -0.2) is 0 Å². The predicted molar refractivity (Wildman–Crippen MR) is 134 cm³/mol. The Morgan fingerprint density at radius 3 is 2.50 bits per heavy atom. The number of aromatic nitrogens is 1. The highest BCUT2D eigenvalue weighted by Gasteiger charge is 2.64. The van der Waals surface area contributed by atoms with Gasteiger partial charge in [0.1, 0.15) is 5.69 Å². The number of benzene rings is 2. The molecule has 3 aliphatic rings. The molecule has 5 heteroatoms. The standard InChI is InChI=1S/C29H33N3O2/c1-18-12-13-21-16-23(30-22(21)14-18)28(34)32-25-17-29(3)26(10-7-11-27(29)32)31(19(2)33)24(25)15-20-8-5-4-6-9-20/h4-6,8-9,12-14,16,24-27,30H,7,10-11,15,17H2,1-3H3/t24-,25-,26+,27-,29+/m0/s1. The first-order chi connectivity index (χ1) is 16.4. The zero-order valence-corrected chi connectivity index (χ0v) is 20.3. The fraction of sp³-hybridized carbons (Fsp3) is 0.448. The fourth-order valence-corrected chi connectivity index (χ4v) is 7.42. The Labute approximate surface area is 201 Å². The molecule has 1 saturated carbocycles. The molecule has 6 rings (SSSR count). The summed E-state index contributed by atoms with van der Waals surface area (Å²) in [6.07, 6.45) is 4.83. The highest BCUT2D eigenvalue weighted by Crippen LogP contribution is 2.56. The number of carbonyl (C=O) groups excluding carboxylic acids is 2. The van der Waals surface area contributed by atoms with Crippen LogP contribution in [0.5, 0.6) is 0 Å². The topological polar surface area (TPSA) is 56.4 Å². The molecule has 0 spiro atoms. The van der Waals surface area contributed by atoms with Crippen molar-refractivity contribution in [2.24, 2.45) is 5.41 Å². The summed E-state index contributed by atoms with van der Waals surface area (Å²) in [4.78, 5) is 35.0. The van der Waals surface area contributed by atoms with Crippen molar-refractivity contribution in [3.05, 3.63) is 71.4 Å². The summed E-state index contributed by atoms with van der Waals surface area (Å²) in [6.45, 7) is 6.10. The average molecular weight is 456 g/mol. The molecule has 34 heavy (non-hydrogen) atoms. The molecule has 0 radical (unpaired) electrons. The number of hydrogen-bond acceptors (Lipinski definition) is 2. The van der Waals surface area contributed by atoms with Crippen molar-refractivity contribution in [2.45, 2.75) is 77.0 Å². The Morgan fingerprint density at radius 2 is 1.76 bits per heavy atom. The van der Waals surface area contributed by atoms with Crippen LogP contribution in [0.15, 0.2) is 54.6 Å². The first-order valence-corrected chi connectivity index (χ1v) is 12.6. The number of aryl methyl sites for hydroxylation is 1. The van der Waals surface area contributed by atoms with Crippen LogP contribution in [-0.4, -0.2) is 50.8 Å². The Morgan fingerprint density at radius 1 is 1.03 bits per heavy atom. The number of carbonyl (C=O) groups is 2. The maximum atomic E-state index is 14.2. The van der Waals surface area contributed by atoms with Gasteiger partial charge in [0.25, 0.3) is 5.91 Å². The molecule has 1 aliphatic carbocycles. The molecular formula is C29H33N3O2. The summed E-state index contributed by atoms with van der Waals surface area (Å²) in [7, 11) is 0. The van der Waals surface area contributed by atoms with Gasteiger partial charge in [-0.3, -0.25) is 9.59 Å². The third-order valence-corrected chi connectivity index (χ3v) is 8.85. The van der Waals surface area contributed by atoms with Crippen molar-refractivity contribution < 1.29 is 9.59 Å². The Balaban J connectivity index is 1.44. The second-order valence-electron chi connectivity index (χ2n) is 10.9. The van der Waals surface area contributed by atoms with Crippen molar-refractivity contribution >= 4 is 22.7 Å². The molecule has 176 valence electrons. The fourth-order valence-electron chi connectivity index (χ4n) is 7.42. The molecule has 3 fully saturated rings. The number of fused-ring (bicyclic) bond motifs is 2. The number of nitrogens with zero attached hydrogens (tertiary/aromatic N) is 2. The lowest BCUT2D eigenvalue weighted by atomic mass is 9.64. The number of nitrogens with one attached hydrogen (secondary N) is 1. The molecule has 1 N–H and O–H groups in total. The molecule has 5 atom stereocenters. The van der Waals surface area contributed by atoms with E-state index in [9.17, 15) is 9.59 Å². The van der Waals surface area contributed by atoms with Gasteiger partial charge in [0, 0.05) is 35.3 Å². The summed E-state index contributed by atoms with van der Waals surface area (Å²) < 4.78 is 0. The number of H-pyrrole nitrogens is 1.